The number of benzene rings is 1. The third kappa shape index (κ3) is 5.47. The zero-order valence-electron chi connectivity index (χ0n) is 18.0. The van der Waals surface area contributed by atoms with Gasteiger partial charge in [-0.1, -0.05) is 0 Å². The van der Waals surface area contributed by atoms with Crippen LogP contribution in [0.5, 0.6) is 23.1 Å². The van der Waals surface area contributed by atoms with Crippen molar-refractivity contribution in [1.29, 1.82) is 0 Å². The molecule has 1 amide bonds. The Morgan fingerprint density at radius 3 is 2.50 bits per heavy atom. The van der Waals surface area contributed by atoms with Gasteiger partial charge in [0, 0.05) is 13.2 Å². The standard InChI is InChI=1S/C20H24N4O8/c1-5-30-20(29-4)32-18-13(27-2)8-12(9-14(18)28-3)11-31-17-7-6-16-21-15(22-19(25)26)10-24(16)23-17/h6-10,20,22H,5,11H2,1-4H3,(H,25,26). The minimum Gasteiger partial charge on any atom is -0.493 e. The van der Waals surface area contributed by atoms with Crippen LogP contribution in [0.1, 0.15) is 12.5 Å². The summed E-state index contributed by atoms with van der Waals surface area (Å²) in [6.07, 6.45) is 0.234. The Balaban J connectivity index is 1.77. The fraction of sp³-hybridized carbons (Fsp3) is 0.350. The van der Waals surface area contributed by atoms with Crippen LogP contribution in [0.4, 0.5) is 10.6 Å². The third-order valence-electron chi connectivity index (χ3n) is 4.15. The van der Waals surface area contributed by atoms with E-state index >= 15 is 0 Å². The maximum Gasteiger partial charge on any atom is 0.410 e. The first-order valence-corrected chi connectivity index (χ1v) is 9.52. The Labute approximate surface area is 183 Å². The lowest BCUT2D eigenvalue weighted by Crippen LogP contribution is -2.23. The average molecular weight is 448 g/mol. The number of hydrogen-bond acceptors (Lipinski definition) is 9. The molecule has 0 radical (unpaired) electrons. The fourth-order valence-electron chi connectivity index (χ4n) is 2.78. The van der Waals surface area contributed by atoms with Crippen LogP contribution >= 0.6 is 0 Å². The number of carbonyl (C=O) groups is 1. The molecule has 1 unspecified atom stereocenters. The van der Waals surface area contributed by atoms with E-state index in [2.05, 4.69) is 15.4 Å². The maximum absolute atomic E-state index is 10.8. The SMILES string of the molecule is CCOC(OC)Oc1c(OC)cc(COc2ccc3nc(NC(=O)O)cn3n2)cc1OC. The molecule has 32 heavy (non-hydrogen) atoms. The molecule has 0 saturated carbocycles. The van der Waals surface area contributed by atoms with Crippen LogP contribution in [0.2, 0.25) is 0 Å². The van der Waals surface area contributed by atoms with Crippen LogP contribution in [0.25, 0.3) is 5.65 Å². The normalized spacial score (nSPS) is 11.8. The quantitative estimate of drug-likeness (QED) is 0.422. The van der Waals surface area contributed by atoms with E-state index in [1.165, 1.54) is 32.0 Å². The highest BCUT2D eigenvalue weighted by molar-refractivity contribution is 5.81. The number of nitrogens with one attached hydrogen (secondary N) is 1. The highest BCUT2D eigenvalue weighted by atomic mass is 16.8. The van der Waals surface area contributed by atoms with E-state index in [0.29, 0.717) is 35.4 Å². The fourth-order valence-corrected chi connectivity index (χ4v) is 2.78. The van der Waals surface area contributed by atoms with Crippen LogP contribution in [-0.4, -0.2) is 60.2 Å². The number of anilines is 1. The minimum absolute atomic E-state index is 0.152. The van der Waals surface area contributed by atoms with E-state index < -0.39 is 12.6 Å². The van der Waals surface area contributed by atoms with Gasteiger partial charge in [0.15, 0.2) is 23.0 Å². The van der Waals surface area contributed by atoms with Gasteiger partial charge in [-0.25, -0.2) is 14.3 Å². The first-order valence-electron chi connectivity index (χ1n) is 9.52. The second-order valence-corrected chi connectivity index (χ2v) is 6.25. The molecule has 0 bridgehead atoms. The van der Waals surface area contributed by atoms with Crippen molar-refractivity contribution in [3.8, 4) is 23.1 Å². The summed E-state index contributed by atoms with van der Waals surface area (Å²) in [6, 6.07) is 6.76. The number of carboxylic acid groups (broad SMARTS) is 1. The molecule has 2 N–H and O–H groups in total. The molecule has 1 aromatic carbocycles. The van der Waals surface area contributed by atoms with Gasteiger partial charge in [-0.3, -0.25) is 5.32 Å². The Morgan fingerprint density at radius 1 is 1.19 bits per heavy atom. The van der Waals surface area contributed by atoms with Crippen molar-refractivity contribution >= 4 is 17.6 Å². The first-order chi connectivity index (χ1) is 15.5. The summed E-state index contributed by atoms with van der Waals surface area (Å²) in [5.41, 5.74) is 1.20. The first kappa shape index (κ1) is 22.9. The van der Waals surface area contributed by atoms with Crippen molar-refractivity contribution in [3.63, 3.8) is 0 Å². The largest absolute Gasteiger partial charge is 0.493 e. The van der Waals surface area contributed by atoms with Gasteiger partial charge >= 0.3 is 12.6 Å². The Hall–Kier alpha value is -3.77. The predicted molar refractivity (Wildman–Crippen MR) is 112 cm³/mol. The molecule has 3 aromatic rings. The van der Waals surface area contributed by atoms with Crippen LogP contribution in [0.15, 0.2) is 30.5 Å². The van der Waals surface area contributed by atoms with Crippen molar-refractivity contribution in [1.82, 2.24) is 14.6 Å². The summed E-state index contributed by atoms with van der Waals surface area (Å²) in [7, 11) is 4.48. The number of imidazole rings is 1. The van der Waals surface area contributed by atoms with Crippen LogP contribution in [-0.2, 0) is 16.1 Å². The highest BCUT2D eigenvalue weighted by Crippen LogP contribution is 2.39. The highest BCUT2D eigenvalue weighted by Gasteiger charge is 2.19. The molecule has 1 atom stereocenters. The van der Waals surface area contributed by atoms with Gasteiger partial charge in [0.1, 0.15) is 6.61 Å². The summed E-state index contributed by atoms with van der Waals surface area (Å²) in [4.78, 5) is 14.9. The van der Waals surface area contributed by atoms with Crippen molar-refractivity contribution in [2.45, 2.75) is 20.0 Å². The average Bonchev–Trinajstić information content (AvgIpc) is 3.18. The van der Waals surface area contributed by atoms with Crippen molar-refractivity contribution in [3.05, 3.63) is 36.0 Å². The van der Waals surface area contributed by atoms with Gasteiger partial charge in [-0.15, -0.1) is 5.10 Å². The molecule has 12 nitrogen and oxygen atoms in total. The molecule has 12 heteroatoms. The topological polar surface area (TPSA) is 135 Å². The number of hydrogen-bond donors (Lipinski definition) is 2. The lowest BCUT2D eigenvalue weighted by molar-refractivity contribution is -0.231. The number of amides is 1. The molecule has 0 fully saturated rings. The summed E-state index contributed by atoms with van der Waals surface area (Å²) in [6.45, 7) is 1.45. The maximum atomic E-state index is 10.8. The number of aromatic nitrogens is 3. The van der Waals surface area contributed by atoms with E-state index in [0.717, 1.165) is 5.56 Å². The van der Waals surface area contributed by atoms with Crippen LogP contribution < -0.4 is 24.3 Å². The van der Waals surface area contributed by atoms with Crippen molar-refractivity contribution in [2.75, 3.05) is 33.3 Å². The zero-order chi connectivity index (χ0) is 23.1. The van der Waals surface area contributed by atoms with Gasteiger partial charge in [0.25, 0.3) is 0 Å². The molecule has 0 spiro atoms. The molecule has 0 saturated heterocycles. The zero-order valence-corrected chi connectivity index (χ0v) is 18.0. The van der Waals surface area contributed by atoms with E-state index in [9.17, 15) is 4.79 Å². The molecule has 0 aliphatic carbocycles. The molecule has 0 aliphatic rings. The summed E-state index contributed by atoms with van der Waals surface area (Å²) >= 11 is 0. The monoisotopic (exact) mass is 448 g/mol. The molecule has 3 rings (SSSR count). The van der Waals surface area contributed by atoms with Crippen molar-refractivity contribution < 1.29 is 38.3 Å². The van der Waals surface area contributed by atoms with Gasteiger partial charge in [0.05, 0.1) is 27.0 Å². The minimum atomic E-state index is -1.21. The number of nitrogens with zero attached hydrogens (tertiary/aromatic N) is 3. The van der Waals surface area contributed by atoms with Crippen LogP contribution in [0.3, 0.4) is 0 Å². The summed E-state index contributed by atoms with van der Waals surface area (Å²) in [5, 5.41) is 15.2. The summed E-state index contributed by atoms with van der Waals surface area (Å²) < 4.78 is 34.3. The van der Waals surface area contributed by atoms with E-state index in [1.54, 1.807) is 24.3 Å². The van der Waals surface area contributed by atoms with Gasteiger partial charge in [-0.05, 0) is 30.7 Å². The molecule has 0 aliphatic heterocycles. The molecule has 2 heterocycles. The lowest BCUT2D eigenvalue weighted by Gasteiger charge is -2.21. The number of ether oxygens (including phenoxy) is 6. The second-order valence-electron chi connectivity index (χ2n) is 6.25. The summed E-state index contributed by atoms with van der Waals surface area (Å²) in [5.74, 6) is 1.62. The molecular weight excluding hydrogens is 424 g/mol. The molecule has 172 valence electrons. The van der Waals surface area contributed by atoms with E-state index in [-0.39, 0.29) is 12.4 Å². The van der Waals surface area contributed by atoms with Gasteiger partial charge in [0.2, 0.25) is 11.6 Å². The van der Waals surface area contributed by atoms with E-state index in [4.69, 9.17) is 33.5 Å². The molecule has 2 aromatic heterocycles. The molecular formula is C20H24N4O8. The lowest BCUT2D eigenvalue weighted by atomic mass is 10.2. The Kier molecular flexibility index (Phi) is 7.52. The second kappa shape index (κ2) is 10.5. The Bertz CT molecular complexity index is 1050. The van der Waals surface area contributed by atoms with Crippen molar-refractivity contribution in [2.24, 2.45) is 0 Å². The number of rotatable bonds is 11. The van der Waals surface area contributed by atoms with Gasteiger partial charge < -0.3 is 33.5 Å². The van der Waals surface area contributed by atoms with E-state index in [1.807, 2.05) is 6.92 Å². The van der Waals surface area contributed by atoms with Crippen LogP contribution in [0, 0.1) is 0 Å². The Morgan fingerprint density at radius 2 is 1.91 bits per heavy atom. The number of methoxy groups -OCH3 is 3. The smallest absolute Gasteiger partial charge is 0.410 e. The third-order valence-corrected chi connectivity index (χ3v) is 4.15. The van der Waals surface area contributed by atoms with Gasteiger partial charge in [-0.2, -0.15) is 0 Å². The predicted octanol–water partition coefficient (Wildman–Crippen LogP) is 2.76. The number of fused-ring (bicyclic) bond motifs is 1.